The molecule has 0 bridgehead atoms. The average Bonchev–Trinajstić information content (AvgIpc) is 3.44. The summed E-state index contributed by atoms with van der Waals surface area (Å²) in [5.74, 6) is -0.818. The first-order valence-corrected chi connectivity index (χ1v) is 16.9. The van der Waals surface area contributed by atoms with Gasteiger partial charge in [0.2, 0.25) is 5.91 Å². The van der Waals surface area contributed by atoms with Gasteiger partial charge in [0.05, 0.1) is 36.7 Å². The van der Waals surface area contributed by atoms with Crippen LogP contribution in [-0.2, 0) is 26.1 Å². The number of aromatic carboxylic acids is 1. The Morgan fingerprint density at radius 2 is 1.90 bits per heavy atom. The molecule has 1 aromatic heterocycles. The smallest absolute Gasteiger partial charge is 0.416 e. The number of aryl methyl sites for hydroxylation is 1. The van der Waals surface area contributed by atoms with Crippen LogP contribution in [0.15, 0.2) is 37.1 Å². The summed E-state index contributed by atoms with van der Waals surface area (Å²) in [6.45, 7) is 5.02. The number of hydrogen-bond donors (Lipinski definition) is 2. The third kappa shape index (κ3) is 8.54. The predicted octanol–water partition coefficient (Wildman–Crippen LogP) is 5.32. The van der Waals surface area contributed by atoms with Gasteiger partial charge in [-0.2, -0.15) is 0 Å². The van der Waals surface area contributed by atoms with Gasteiger partial charge in [0, 0.05) is 38.9 Å². The van der Waals surface area contributed by atoms with Crippen LogP contribution in [0, 0.1) is 0 Å². The molecule has 49 heavy (non-hydrogen) atoms. The molecule has 3 atom stereocenters. The lowest BCUT2D eigenvalue weighted by Crippen LogP contribution is -2.57. The number of methoxy groups -OCH3 is 1. The Hall–Kier alpha value is -4.56. The molecule has 2 fully saturated rings. The molecule has 0 radical (unpaired) electrons. The standard InChI is InChI=1S/C35H46N4O10/c1-4-16-48-35(44)39-26-21-29(46-17-10-5-6-13-30(40)36-23-19-27(34(42)43)37(2)22-23)28(45-3)20-24(26)32(41)38-15-9-7-12-25(38)33(39)49-31-14-8-11-18-47-31/h4,19-22,25,31,33H,1,5-18H2,2-3H3,(H,36,40)(H,42,43)/t25-,31?,33-/m0/s1. The van der Waals surface area contributed by atoms with E-state index in [0.717, 1.165) is 25.7 Å². The number of ether oxygens (including phenoxy) is 5. The highest BCUT2D eigenvalue weighted by molar-refractivity contribution is 6.06. The number of carboxylic acids is 1. The van der Waals surface area contributed by atoms with Crippen molar-refractivity contribution in [2.24, 2.45) is 7.05 Å². The zero-order valence-electron chi connectivity index (χ0n) is 28.2. The van der Waals surface area contributed by atoms with Crippen molar-refractivity contribution in [1.82, 2.24) is 9.47 Å². The van der Waals surface area contributed by atoms with Crippen LogP contribution < -0.4 is 19.7 Å². The molecular formula is C35H46N4O10. The van der Waals surface area contributed by atoms with Crippen molar-refractivity contribution in [3.63, 3.8) is 0 Å². The Kier molecular flexibility index (Phi) is 12.2. The number of carbonyl (C=O) groups excluding carboxylic acids is 3. The number of carboxylic acid groups (broad SMARTS) is 1. The lowest BCUT2D eigenvalue weighted by molar-refractivity contribution is -0.198. The molecular weight excluding hydrogens is 636 g/mol. The van der Waals surface area contributed by atoms with Gasteiger partial charge in [-0.3, -0.25) is 9.59 Å². The molecule has 1 aromatic carbocycles. The maximum absolute atomic E-state index is 14.1. The van der Waals surface area contributed by atoms with Crippen molar-refractivity contribution < 1.29 is 48.0 Å². The molecule has 0 spiro atoms. The van der Waals surface area contributed by atoms with Crippen LogP contribution in [0.1, 0.15) is 85.1 Å². The molecule has 2 aromatic rings. The number of amides is 3. The Bertz CT molecular complexity index is 1520. The number of carbonyl (C=O) groups is 4. The number of piperidine rings is 1. The summed E-state index contributed by atoms with van der Waals surface area (Å²) >= 11 is 0. The summed E-state index contributed by atoms with van der Waals surface area (Å²) in [5.41, 5.74) is 1.09. The predicted molar refractivity (Wildman–Crippen MR) is 179 cm³/mol. The molecule has 0 saturated carbocycles. The van der Waals surface area contributed by atoms with Gasteiger partial charge in [0.1, 0.15) is 12.3 Å². The fraction of sp³-hybridized carbons (Fsp3) is 0.543. The van der Waals surface area contributed by atoms with E-state index >= 15 is 0 Å². The molecule has 2 N–H and O–H groups in total. The molecule has 3 aliphatic rings. The fourth-order valence-corrected chi connectivity index (χ4v) is 6.51. The Labute approximate surface area is 285 Å². The molecule has 5 rings (SSSR count). The van der Waals surface area contributed by atoms with E-state index in [-0.39, 0.29) is 42.7 Å². The van der Waals surface area contributed by atoms with E-state index in [1.54, 1.807) is 30.3 Å². The number of anilines is 2. The average molecular weight is 683 g/mol. The van der Waals surface area contributed by atoms with Crippen LogP contribution in [0.25, 0.3) is 0 Å². The van der Waals surface area contributed by atoms with Gasteiger partial charge >= 0.3 is 12.1 Å². The molecule has 1 unspecified atom stereocenters. The Morgan fingerprint density at radius 1 is 1.08 bits per heavy atom. The summed E-state index contributed by atoms with van der Waals surface area (Å²) in [5, 5.41) is 11.9. The molecule has 14 nitrogen and oxygen atoms in total. The van der Waals surface area contributed by atoms with Crippen molar-refractivity contribution in [3.8, 4) is 11.5 Å². The lowest BCUT2D eigenvalue weighted by Gasteiger charge is -2.42. The maximum Gasteiger partial charge on any atom is 0.416 e. The van der Waals surface area contributed by atoms with Crippen LogP contribution in [0.3, 0.4) is 0 Å². The van der Waals surface area contributed by atoms with Crippen LogP contribution in [0.2, 0.25) is 0 Å². The molecule has 2 saturated heterocycles. The largest absolute Gasteiger partial charge is 0.493 e. The first-order valence-electron chi connectivity index (χ1n) is 16.9. The van der Waals surface area contributed by atoms with Crippen LogP contribution in [0.5, 0.6) is 11.5 Å². The number of nitrogens with one attached hydrogen (secondary N) is 1. The summed E-state index contributed by atoms with van der Waals surface area (Å²) in [7, 11) is 3.09. The number of unbranched alkanes of at least 4 members (excludes halogenated alkanes) is 2. The highest BCUT2D eigenvalue weighted by Crippen LogP contribution is 2.42. The van der Waals surface area contributed by atoms with Gasteiger partial charge in [-0.25, -0.2) is 14.5 Å². The van der Waals surface area contributed by atoms with Gasteiger partial charge < -0.3 is 43.6 Å². The Balaban J connectivity index is 1.30. The molecule has 3 aliphatic heterocycles. The van der Waals surface area contributed by atoms with E-state index in [1.807, 2.05) is 0 Å². The first-order chi connectivity index (χ1) is 23.7. The minimum atomic E-state index is -1.07. The normalized spacial score (nSPS) is 20.4. The van der Waals surface area contributed by atoms with E-state index in [2.05, 4.69) is 11.9 Å². The zero-order valence-corrected chi connectivity index (χ0v) is 28.2. The van der Waals surface area contributed by atoms with Crippen LogP contribution in [0.4, 0.5) is 16.2 Å². The lowest BCUT2D eigenvalue weighted by atomic mass is 10.00. The van der Waals surface area contributed by atoms with Gasteiger partial charge in [-0.1, -0.05) is 12.7 Å². The number of rotatable bonds is 14. The second-order valence-corrected chi connectivity index (χ2v) is 12.4. The highest BCUT2D eigenvalue weighted by atomic mass is 16.7. The van der Waals surface area contributed by atoms with Crippen molar-refractivity contribution in [1.29, 1.82) is 0 Å². The van der Waals surface area contributed by atoms with Crippen LogP contribution >= 0.6 is 0 Å². The van der Waals surface area contributed by atoms with Gasteiger partial charge in [-0.15, -0.1) is 0 Å². The van der Waals surface area contributed by atoms with E-state index in [0.29, 0.717) is 68.1 Å². The topological polar surface area (TPSA) is 158 Å². The third-order valence-corrected chi connectivity index (χ3v) is 8.93. The van der Waals surface area contributed by atoms with Crippen molar-refractivity contribution >= 4 is 35.3 Å². The summed E-state index contributed by atoms with van der Waals surface area (Å²) in [4.78, 5) is 54.8. The van der Waals surface area contributed by atoms with Gasteiger partial charge in [-0.05, 0) is 69.9 Å². The van der Waals surface area contributed by atoms with Crippen molar-refractivity contribution in [2.75, 3.05) is 43.7 Å². The van der Waals surface area contributed by atoms with E-state index in [1.165, 1.54) is 28.7 Å². The quantitative estimate of drug-likeness (QED) is 0.197. The highest BCUT2D eigenvalue weighted by Gasteiger charge is 2.46. The van der Waals surface area contributed by atoms with E-state index < -0.39 is 30.6 Å². The summed E-state index contributed by atoms with van der Waals surface area (Å²) < 4.78 is 31.3. The number of benzene rings is 1. The molecule has 14 heteroatoms. The number of fused-ring (bicyclic) bond motifs is 2. The number of aromatic nitrogens is 1. The SMILES string of the molecule is C=CCOC(=O)N1c2cc(OCCCCCC(=O)Nc3cc(C(=O)O)n(C)c3)c(OC)cc2C(=O)N2CCCC[C@H]2[C@@H]1OC1CCCCO1. The first kappa shape index (κ1) is 35.7. The third-order valence-electron chi connectivity index (χ3n) is 8.93. The van der Waals surface area contributed by atoms with Gasteiger partial charge in [0.25, 0.3) is 5.91 Å². The fourth-order valence-electron chi connectivity index (χ4n) is 6.51. The van der Waals surface area contributed by atoms with E-state index in [4.69, 9.17) is 23.7 Å². The minimum absolute atomic E-state index is 0.0219. The van der Waals surface area contributed by atoms with Crippen molar-refractivity contribution in [2.45, 2.75) is 82.8 Å². The molecule has 266 valence electrons. The van der Waals surface area contributed by atoms with Gasteiger partial charge in [0.15, 0.2) is 24.0 Å². The molecule has 4 heterocycles. The monoisotopic (exact) mass is 682 g/mol. The number of nitrogens with zero attached hydrogens (tertiary/aromatic N) is 3. The summed E-state index contributed by atoms with van der Waals surface area (Å²) in [6.07, 6.45) is 8.03. The number of hydrogen-bond acceptors (Lipinski definition) is 9. The summed E-state index contributed by atoms with van der Waals surface area (Å²) in [6, 6.07) is 4.25. The Morgan fingerprint density at radius 3 is 2.61 bits per heavy atom. The minimum Gasteiger partial charge on any atom is -0.493 e. The second-order valence-electron chi connectivity index (χ2n) is 12.4. The second kappa shape index (κ2) is 16.7. The zero-order chi connectivity index (χ0) is 34.9. The maximum atomic E-state index is 14.1. The van der Waals surface area contributed by atoms with E-state index in [9.17, 15) is 24.3 Å². The molecule has 3 amide bonds. The van der Waals surface area contributed by atoms with Crippen LogP contribution in [-0.4, -0.2) is 90.5 Å². The molecule has 0 aliphatic carbocycles. The van der Waals surface area contributed by atoms with Crippen molar-refractivity contribution in [3.05, 3.63) is 48.3 Å².